The van der Waals surface area contributed by atoms with Crippen molar-refractivity contribution in [2.75, 3.05) is 46.6 Å². The lowest BCUT2D eigenvalue weighted by Gasteiger charge is -2.43. The van der Waals surface area contributed by atoms with Gasteiger partial charge in [0.25, 0.3) is 5.69 Å². The van der Waals surface area contributed by atoms with Crippen LogP contribution in [0.2, 0.25) is 0 Å². The van der Waals surface area contributed by atoms with Gasteiger partial charge in [0.15, 0.2) is 18.3 Å². The van der Waals surface area contributed by atoms with Gasteiger partial charge in [0.1, 0.15) is 37.4 Å². The Morgan fingerprint density at radius 2 is 1.37 bits per heavy atom. The summed E-state index contributed by atoms with van der Waals surface area (Å²) in [6.07, 6.45) is -9.01. The van der Waals surface area contributed by atoms with Crippen molar-refractivity contribution in [1.82, 2.24) is 25.8 Å². The van der Waals surface area contributed by atoms with Crippen molar-refractivity contribution in [1.29, 1.82) is 0 Å². The summed E-state index contributed by atoms with van der Waals surface area (Å²) in [5.41, 5.74) is 4.11. The Morgan fingerprint density at radius 3 is 1.99 bits per heavy atom. The summed E-state index contributed by atoms with van der Waals surface area (Å²) in [5, 5.41) is 19.2. The number of benzene rings is 4. The number of esters is 4. The topological polar surface area (TPSA) is 349 Å². The van der Waals surface area contributed by atoms with Crippen LogP contribution in [0, 0.1) is 10.1 Å². The van der Waals surface area contributed by atoms with E-state index < -0.39 is 96.2 Å². The van der Waals surface area contributed by atoms with Crippen LogP contribution in [0.5, 0.6) is 11.5 Å². The van der Waals surface area contributed by atoms with Gasteiger partial charge >= 0.3 is 36.1 Å². The van der Waals surface area contributed by atoms with Gasteiger partial charge in [-0.25, -0.2) is 14.4 Å². The molecule has 2 bridgehead atoms. The number of carbonyl (C=O) groups excluding carboxylic acids is 10. The highest BCUT2D eigenvalue weighted by Gasteiger charge is 2.56. The average Bonchev–Trinajstić information content (AvgIpc) is 1.77. The van der Waals surface area contributed by atoms with E-state index in [1.165, 1.54) is 43.5 Å². The van der Waals surface area contributed by atoms with E-state index >= 15 is 0 Å². The first-order valence-corrected chi connectivity index (χ1v) is 29.3. The number of methoxy groups -OCH3 is 1. The summed E-state index contributed by atoms with van der Waals surface area (Å²) in [4.78, 5) is 146. The number of nitrogens with zero attached hydrogens (tertiary/aromatic N) is 3. The molecule has 0 spiro atoms. The van der Waals surface area contributed by atoms with E-state index in [1.54, 1.807) is 9.80 Å². The van der Waals surface area contributed by atoms with E-state index in [-0.39, 0.29) is 117 Å². The fourth-order valence-electron chi connectivity index (χ4n) is 11.3. The first-order valence-electron chi connectivity index (χ1n) is 29.3. The standard InChI is InChI=1S/C63H70N6O22/c1-6-27-83-60(77)57-55(86-36(2)70)56(87-37(3)71)58(88-38(4)72)61(91-57)90-51-23-18-39(34-85-63(79)89-44-21-19-41(20-22-44)69(80)81)29-40(51)31-65-52(73)24-26-64-59(76)50(16-11-17-53(74)67-32-43-30-42(67)33-68(43)54(75)25-28-82-5)66-62(78)84-35-49-47-14-9-7-12-45(47)46-13-8-10-15-48(46)49/h6-10,12-15,18-23,29,42-43,49-50,55-58,61H,1,11,16-17,24-28,30-35H2,2-5H3,(H,64,76)(H,65,73)(H,66,78)/t42-,43-,50-,55-,56-,57-,58+,61+/m0/s1. The monoisotopic (exact) mass is 1260 g/mol. The fraction of sp³-hybridized carbons (Fsp3) is 0.429. The number of likely N-dealkylation sites (tertiary alicyclic amines) is 2. The quantitative estimate of drug-likeness (QED) is 0.0168. The number of non-ortho nitro benzene ring substituents is 1. The number of rotatable bonds is 28. The summed E-state index contributed by atoms with van der Waals surface area (Å²) in [7, 11) is 1.52. The molecule has 3 heterocycles. The van der Waals surface area contributed by atoms with Gasteiger partial charge in [-0.1, -0.05) is 67.3 Å². The number of ether oxygens (including phenoxy) is 10. The van der Waals surface area contributed by atoms with Crippen LogP contribution < -0.4 is 25.4 Å². The van der Waals surface area contributed by atoms with Crippen molar-refractivity contribution in [2.24, 2.45) is 0 Å². The second kappa shape index (κ2) is 31.5. The van der Waals surface area contributed by atoms with Gasteiger partial charge in [-0.2, -0.15) is 0 Å². The molecule has 1 aliphatic carbocycles. The maximum absolute atomic E-state index is 14.1. The predicted octanol–water partition coefficient (Wildman–Crippen LogP) is 4.99. The van der Waals surface area contributed by atoms with Crippen molar-refractivity contribution < 1.29 is 100 Å². The fourth-order valence-corrected chi connectivity index (χ4v) is 11.3. The normalized spacial score (nSPS) is 19.7. The van der Waals surface area contributed by atoms with Gasteiger partial charge in [-0.3, -0.25) is 43.7 Å². The number of nitrogens with one attached hydrogen (secondary N) is 3. The Bertz CT molecular complexity index is 3330. The number of hydrogen-bond acceptors (Lipinski definition) is 22. The molecule has 3 aliphatic heterocycles. The maximum Gasteiger partial charge on any atom is 0.514 e. The van der Waals surface area contributed by atoms with Crippen LogP contribution in [0.3, 0.4) is 0 Å². The molecule has 0 aromatic heterocycles. The van der Waals surface area contributed by atoms with E-state index in [0.29, 0.717) is 26.1 Å². The van der Waals surface area contributed by atoms with Crippen LogP contribution >= 0.6 is 0 Å². The van der Waals surface area contributed by atoms with Crippen LogP contribution in [0.4, 0.5) is 15.3 Å². The molecular weight excluding hydrogens is 1190 g/mol. The SMILES string of the molecule is C=CCOC(=O)[C@H]1O[C@@H](Oc2ccc(COC(=O)Oc3ccc([N+](=O)[O-])cc3)cc2CNC(=O)CCNC(=O)[C@H](CCCC(=O)N2C[C@@H]3C[C@H]2CN3C(=O)CCOC)NC(=O)OCC2c3ccccc3-c3ccccc32)[C@H](OC(C)=O)[C@@H](OC(C)=O)[C@@H]1OC(C)=O. The molecule has 3 fully saturated rings. The van der Waals surface area contributed by atoms with Gasteiger partial charge in [-0.05, 0) is 71.3 Å². The minimum absolute atomic E-state index is 0.000928. The lowest BCUT2D eigenvalue weighted by atomic mass is 9.97. The Balaban J connectivity index is 0.957. The molecule has 4 aromatic carbocycles. The number of piperazine rings is 1. The molecule has 5 amide bonds. The lowest BCUT2D eigenvalue weighted by Crippen LogP contribution is -2.64. The molecule has 28 nitrogen and oxygen atoms in total. The molecule has 0 unspecified atom stereocenters. The maximum atomic E-state index is 14.1. The summed E-state index contributed by atoms with van der Waals surface area (Å²) in [5.74, 6) is -5.94. The van der Waals surface area contributed by atoms with Crippen molar-refractivity contribution in [2.45, 2.75) is 127 Å². The third-order valence-corrected chi connectivity index (χ3v) is 15.3. The highest BCUT2D eigenvalue weighted by molar-refractivity contribution is 5.87. The minimum atomic E-state index is -1.86. The molecule has 4 aliphatic rings. The van der Waals surface area contributed by atoms with Gasteiger partial charge in [-0.15, -0.1) is 0 Å². The molecule has 3 saturated heterocycles. The van der Waals surface area contributed by atoms with E-state index in [4.69, 9.17) is 47.4 Å². The Kier molecular flexibility index (Phi) is 23.2. The van der Waals surface area contributed by atoms with Crippen LogP contribution in [0.25, 0.3) is 11.1 Å². The number of carbonyl (C=O) groups is 10. The first kappa shape index (κ1) is 67.0. The number of alkyl carbamates (subject to hydrolysis) is 1. The summed E-state index contributed by atoms with van der Waals surface area (Å²) >= 11 is 0. The molecule has 3 N–H and O–H groups in total. The minimum Gasteiger partial charge on any atom is -0.460 e. The van der Waals surface area contributed by atoms with Gasteiger partial charge in [0.2, 0.25) is 36.0 Å². The summed E-state index contributed by atoms with van der Waals surface area (Å²) < 4.78 is 55.4. The first-order chi connectivity index (χ1) is 43.7. The van der Waals surface area contributed by atoms with Gasteiger partial charge in [0.05, 0.1) is 30.0 Å². The lowest BCUT2D eigenvalue weighted by molar-refractivity contribution is -0.384. The molecule has 8 atom stereocenters. The van der Waals surface area contributed by atoms with Crippen LogP contribution in [-0.4, -0.2) is 170 Å². The van der Waals surface area contributed by atoms with Crippen molar-refractivity contribution in [3.63, 3.8) is 0 Å². The highest BCUT2D eigenvalue weighted by Crippen LogP contribution is 2.45. The van der Waals surface area contributed by atoms with E-state index in [1.807, 2.05) is 48.5 Å². The third-order valence-electron chi connectivity index (χ3n) is 15.3. The second-order valence-corrected chi connectivity index (χ2v) is 21.6. The largest absolute Gasteiger partial charge is 0.514 e. The number of amides is 5. The van der Waals surface area contributed by atoms with Gasteiger partial charge < -0.3 is 73.1 Å². The summed E-state index contributed by atoms with van der Waals surface area (Å²) in [6, 6.07) is 22.9. The molecule has 0 radical (unpaired) electrons. The molecular formula is C63H70N6O22. The Hall–Kier alpha value is -9.96. The average molecular weight is 1260 g/mol. The Morgan fingerprint density at radius 1 is 0.747 bits per heavy atom. The predicted molar refractivity (Wildman–Crippen MR) is 315 cm³/mol. The number of fused-ring (bicyclic) bond motifs is 5. The molecule has 0 saturated carbocycles. The van der Waals surface area contributed by atoms with Crippen molar-refractivity contribution in [3.8, 4) is 22.6 Å². The van der Waals surface area contributed by atoms with Crippen molar-refractivity contribution >= 4 is 65.4 Å². The number of nitro groups is 1. The number of nitro benzene ring substituents is 1. The van der Waals surface area contributed by atoms with Crippen LogP contribution in [-0.2, 0) is 89.4 Å². The van der Waals surface area contributed by atoms with Crippen molar-refractivity contribution in [3.05, 3.63) is 136 Å². The zero-order chi connectivity index (χ0) is 65.3. The molecule has 8 rings (SSSR count). The number of hydrogen-bond donors (Lipinski definition) is 3. The molecule has 484 valence electrons. The van der Waals surface area contributed by atoms with E-state index in [0.717, 1.165) is 55.2 Å². The second-order valence-electron chi connectivity index (χ2n) is 21.6. The Labute approximate surface area is 522 Å². The van der Waals surface area contributed by atoms with Crippen LogP contribution in [0.15, 0.2) is 104 Å². The van der Waals surface area contributed by atoms with E-state index in [2.05, 4.69) is 22.5 Å². The molecule has 91 heavy (non-hydrogen) atoms. The zero-order valence-electron chi connectivity index (χ0n) is 50.4. The van der Waals surface area contributed by atoms with Crippen LogP contribution in [0.1, 0.15) is 87.5 Å². The molecule has 4 aromatic rings. The smallest absolute Gasteiger partial charge is 0.460 e. The zero-order valence-corrected chi connectivity index (χ0v) is 50.4. The third kappa shape index (κ3) is 17.7. The van der Waals surface area contributed by atoms with E-state index in [9.17, 15) is 58.1 Å². The highest BCUT2D eigenvalue weighted by atomic mass is 16.7. The summed E-state index contributed by atoms with van der Waals surface area (Å²) in [6.45, 7) is 6.17. The molecule has 28 heteroatoms. The van der Waals surface area contributed by atoms with Gasteiger partial charge in [0, 0.05) is 90.5 Å².